The molecule has 2 rings (SSSR count). The zero-order valence-corrected chi connectivity index (χ0v) is 8.82. The monoisotopic (exact) mass is 205 g/mol. The predicted molar refractivity (Wildman–Crippen MR) is 58.2 cm³/mol. The van der Waals surface area contributed by atoms with E-state index >= 15 is 0 Å². The van der Waals surface area contributed by atoms with Crippen molar-refractivity contribution >= 4 is 5.78 Å². The first-order valence-electron chi connectivity index (χ1n) is 5.22. The van der Waals surface area contributed by atoms with E-state index in [9.17, 15) is 4.79 Å². The van der Waals surface area contributed by atoms with Crippen LogP contribution >= 0.6 is 0 Å². The van der Waals surface area contributed by atoms with E-state index in [1.807, 2.05) is 25.1 Å². The van der Waals surface area contributed by atoms with Gasteiger partial charge in [-0.3, -0.25) is 4.79 Å². The predicted octanol–water partition coefficient (Wildman–Crippen LogP) is 1.40. The molecule has 1 aliphatic heterocycles. The summed E-state index contributed by atoms with van der Waals surface area (Å²) >= 11 is 0. The molecular formula is C12H15NO2. The Kier molecular flexibility index (Phi) is 2.73. The number of hydrogen-bond donors (Lipinski definition) is 1. The fourth-order valence-corrected chi connectivity index (χ4v) is 1.73. The van der Waals surface area contributed by atoms with Crippen molar-refractivity contribution in [2.45, 2.75) is 13.3 Å². The van der Waals surface area contributed by atoms with Crippen LogP contribution in [0.2, 0.25) is 0 Å². The van der Waals surface area contributed by atoms with E-state index in [1.54, 1.807) is 0 Å². The number of ether oxygens (including phenoxy) is 1. The minimum absolute atomic E-state index is 0.106. The van der Waals surface area contributed by atoms with Gasteiger partial charge in [-0.1, -0.05) is 6.92 Å². The Bertz CT molecular complexity index is 387. The number of nitrogens with two attached hydrogens (primary N) is 1. The Balaban J connectivity index is 2.26. The molecule has 1 aliphatic rings. The molecule has 1 unspecified atom stereocenters. The number of carbonyl (C=O) groups excluding carboxylic acids is 1. The van der Waals surface area contributed by atoms with Gasteiger partial charge < -0.3 is 10.5 Å². The first kappa shape index (κ1) is 10.2. The first-order valence-corrected chi connectivity index (χ1v) is 5.22. The van der Waals surface area contributed by atoms with Gasteiger partial charge in [-0.2, -0.15) is 0 Å². The lowest BCUT2D eigenvalue weighted by atomic mass is 9.97. The van der Waals surface area contributed by atoms with Crippen LogP contribution in [0.1, 0.15) is 22.8 Å². The molecule has 0 fully saturated rings. The summed E-state index contributed by atoms with van der Waals surface area (Å²) in [7, 11) is 0. The van der Waals surface area contributed by atoms with Crippen LogP contribution in [-0.2, 0) is 6.42 Å². The van der Waals surface area contributed by atoms with E-state index in [0.29, 0.717) is 6.54 Å². The number of carbonyl (C=O) groups is 1. The van der Waals surface area contributed by atoms with Gasteiger partial charge >= 0.3 is 0 Å². The lowest BCUT2D eigenvalue weighted by Crippen LogP contribution is -2.20. The maximum Gasteiger partial charge on any atom is 0.166 e. The van der Waals surface area contributed by atoms with Gasteiger partial charge in [0.05, 0.1) is 6.61 Å². The molecule has 0 aromatic heterocycles. The van der Waals surface area contributed by atoms with Crippen molar-refractivity contribution in [1.82, 2.24) is 0 Å². The second-order valence-corrected chi connectivity index (χ2v) is 3.92. The van der Waals surface area contributed by atoms with E-state index in [4.69, 9.17) is 10.5 Å². The van der Waals surface area contributed by atoms with Crippen molar-refractivity contribution in [3.63, 3.8) is 0 Å². The van der Waals surface area contributed by atoms with Crippen molar-refractivity contribution in [3.05, 3.63) is 29.3 Å². The number of Topliss-reactive ketones (excluding diaryl/α,β-unsaturated/α-hetero) is 1. The van der Waals surface area contributed by atoms with Gasteiger partial charge in [0, 0.05) is 24.4 Å². The molecule has 3 heteroatoms. The molecule has 3 nitrogen and oxygen atoms in total. The van der Waals surface area contributed by atoms with Gasteiger partial charge in [0.2, 0.25) is 0 Å². The van der Waals surface area contributed by atoms with Gasteiger partial charge in [0.25, 0.3) is 0 Å². The topological polar surface area (TPSA) is 52.3 Å². The highest BCUT2D eigenvalue weighted by Gasteiger charge is 2.17. The summed E-state index contributed by atoms with van der Waals surface area (Å²) < 4.78 is 5.38. The Morgan fingerprint density at radius 1 is 1.60 bits per heavy atom. The van der Waals surface area contributed by atoms with Crippen molar-refractivity contribution in [2.24, 2.45) is 11.7 Å². The molecule has 0 saturated carbocycles. The van der Waals surface area contributed by atoms with Gasteiger partial charge in [0.1, 0.15) is 5.75 Å². The summed E-state index contributed by atoms with van der Waals surface area (Å²) in [5.74, 6) is 0.921. The van der Waals surface area contributed by atoms with Gasteiger partial charge in [-0.15, -0.1) is 0 Å². The Morgan fingerprint density at radius 2 is 2.40 bits per heavy atom. The van der Waals surface area contributed by atoms with E-state index in [1.165, 1.54) is 0 Å². The molecule has 15 heavy (non-hydrogen) atoms. The third kappa shape index (κ3) is 1.88. The molecular weight excluding hydrogens is 190 g/mol. The molecule has 2 N–H and O–H groups in total. The quantitative estimate of drug-likeness (QED) is 0.759. The molecule has 0 aliphatic carbocycles. The van der Waals surface area contributed by atoms with Crippen molar-refractivity contribution in [3.8, 4) is 5.75 Å². The van der Waals surface area contributed by atoms with Crippen LogP contribution in [-0.4, -0.2) is 18.9 Å². The van der Waals surface area contributed by atoms with E-state index in [0.717, 1.165) is 29.9 Å². The molecule has 80 valence electrons. The molecule has 0 spiro atoms. The lowest BCUT2D eigenvalue weighted by Gasteiger charge is -2.08. The highest BCUT2D eigenvalue weighted by Crippen LogP contribution is 2.26. The van der Waals surface area contributed by atoms with Crippen LogP contribution in [0.4, 0.5) is 0 Å². The van der Waals surface area contributed by atoms with Crippen molar-refractivity contribution in [2.75, 3.05) is 13.2 Å². The van der Waals surface area contributed by atoms with Crippen molar-refractivity contribution in [1.29, 1.82) is 0 Å². The fourth-order valence-electron chi connectivity index (χ4n) is 1.73. The minimum Gasteiger partial charge on any atom is -0.493 e. The average molecular weight is 205 g/mol. The lowest BCUT2D eigenvalue weighted by molar-refractivity contribution is 0.0934. The first-order chi connectivity index (χ1) is 7.22. The summed E-state index contributed by atoms with van der Waals surface area (Å²) in [4.78, 5) is 11.9. The Morgan fingerprint density at radius 3 is 3.13 bits per heavy atom. The van der Waals surface area contributed by atoms with Crippen molar-refractivity contribution < 1.29 is 9.53 Å². The zero-order valence-electron chi connectivity index (χ0n) is 8.82. The van der Waals surface area contributed by atoms with Gasteiger partial charge in [0.15, 0.2) is 5.78 Å². The third-order valence-corrected chi connectivity index (χ3v) is 2.78. The number of ketones is 1. The molecule has 1 aromatic carbocycles. The molecule has 0 saturated heterocycles. The second kappa shape index (κ2) is 4.03. The standard InChI is InChI=1S/C12H15NO2/c1-8(7-13)12(14)10-2-3-11-9(6-10)4-5-15-11/h2-3,6,8H,4-5,7,13H2,1H3. The third-order valence-electron chi connectivity index (χ3n) is 2.78. The average Bonchev–Trinajstić information content (AvgIpc) is 2.73. The molecule has 0 bridgehead atoms. The van der Waals surface area contributed by atoms with Gasteiger partial charge in [-0.25, -0.2) is 0 Å². The summed E-state index contributed by atoms with van der Waals surface area (Å²) in [5.41, 5.74) is 7.35. The van der Waals surface area contributed by atoms with E-state index in [2.05, 4.69) is 0 Å². The largest absolute Gasteiger partial charge is 0.493 e. The molecule has 0 radical (unpaired) electrons. The summed E-state index contributed by atoms with van der Waals surface area (Å²) in [6.07, 6.45) is 0.896. The van der Waals surface area contributed by atoms with Crippen LogP contribution in [0.5, 0.6) is 5.75 Å². The number of benzene rings is 1. The summed E-state index contributed by atoms with van der Waals surface area (Å²) in [6.45, 7) is 2.97. The second-order valence-electron chi connectivity index (χ2n) is 3.92. The smallest absolute Gasteiger partial charge is 0.166 e. The molecule has 0 amide bonds. The maximum absolute atomic E-state index is 11.9. The maximum atomic E-state index is 11.9. The minimum atomic E-state index is -0.106. The normalized spacial score (nSPS) is 15.6. The highest BCUT2D eigenvalue weighted by molar-refractivity contribution is 5.98. The fraction of sp³-hybridized carbons (Fsp3) is 0.417. The zero-order chi connectivity index (χ0) is 10.8. The van der Waals surface area contributed by atoms with Crippen LogP contribution in [0.25, 0.3) is 0 Å². The molecule has 1 atom stereocenters. The Hall–Kier alpha value is -1.35. The van der Waals surface area contributed by atoms with Crippen LogP contribution in [0, 0.1) is 5.92 Å². The highest BCUT2D eigenvalue weighted by atomic mass is 16.5. The van der Waals surface area contributed by atoms with E-state index < -0.39 is 0 Å². The number of rotatable bonds is 3. The molecule has 1 aromatic rings. The SMILES string of the molecule is CC(CN)C(=O)c1ccc2c(c1)CCO2. The van der Waals surface area contributed by atoms with Gasteiger partial charge in [-0.05, 0) is 23.8 Å². The number of fused-ring (bicyclic) bond motifs is 1. The number of hydrogen-bond acceptors (Lipinski definition) is 3. The van der Waals surface area contributed by atoms with Crippen LogP contribution in [0.3, 0.4) is 0 Å². The van der Waals surface area contributed by atoms with Crippen LogP contribution in [0.15, 0.2) is 18.2 Å². The summed E-state index contributed by atoms with van der Waals surface area (Å²) in [6, 6.07) is 5.62. The Labute approximate surface area is 89.2 Å². The van der Waals surface area contributed by atoms with E-state index in [-0.39, 0.29) is 11.7 Å². The summed E-state index contributed by atoms with van der Waals surface area (Å²) in [5, 5.41) is 0. The van der Waals surface area contributed by atoms with Crippen LogP contribution < -0.4 is 10.5 Å². The molecule has 1 heterocycles.